The molecule has 3 rings (SSSR count). The highest BCUT2D eigenvalue weighted by Crippen LogP contribution is 2.28. The number of rotatable bonds is 7. The first-order chi connectivity index (χ1) is 15.2. The van der Waals surface area contributed by atoms with E-state index in [2.05, 4.69) is 4.98 Å². The standard InChI is InChI=1S/C24H20F4N2O2/c1-3-23(32)30(2)20-9-5-16(13-19(20)26)15-4-8-17(18(25)12-15)21(31)10-6-14-7-11-22(27)29-24(14)28/h4-5,7-9,11-13H,3,6,10H2,1-2H3. The van der Waals surface area contributed by atoms with Crippen molar-refractivity contribution in [2.24, 2.45) is 0 Å². The number of carbonyl (C=O) groups excluding carboxylic acids is 2. The number of anilines is 1. The van der Waals surface area contributed by atoms with E-state index in [1.807, 2.05) is 0 Å². The normalized spacial score (nSPS) is 10.8. The monoisotopic (exact) mass is 444 g/mol. The largest absolute Gasteiger partial charge is 0.313 e. The molecule has 4 nitrogen and oxygen atoms in total. The van der Waals surface area contributed by atoms with Crippen LogP contribution in [0, 0.1) is 23.5 Å². The van der Waals surface area contributed by atoms with Gasteiger partial charge in [0.15, 0.2) is 5.78 Å². The fourth-order valence-electron chi connectivity index (χ4n) is 3.26. The van der Waals surface area contributed by atoms with Crippen molar-refractivity contribution in [1.82, 2.24) is 4.98 Å². The molecule has 0 unspecified atom stereocenters. The van der Waals surface area contributed by atoms with E-state index >= 15 is 0 Å². The molecule has 0 fully saturated rings. The van der Waals surface area contributed by atoms with Crippen molar-refractivity contribution in [3.63, 3.8) is 0 Å². The number of hydrogen-bond acceptors (Lipinski definition) is 3. The second-order valence-electron chi connectivity index (χ2n) is 7.17. The summed E-state index contributed by atoms with van der Waals surface area (Å²) in [5.74, 6) is -4.21. The first kappa shape index (κ1) is 23.1. The number of pyridine rings is 1. The van der Waals surface area contributed by atoms with Gasteiger partial charge in [0.05, 0.1) is 11.3 Å². The van der Waals surface area contributed by atoms with Crippen molar-refractivity contribution in [2.75, 3.05) is 11.9 Å². The number of aromatic nitrogens is 1. The summed E-state index contributed by atoms with van der Waals surface area (Å²) >= 11 is 0. The molecule has 1 heterocycles. The van der Waals surface area contributed by atoms with Crippen molar-refractivity contribution in [1.29, 1.82) is 0 Å². The molecule has 32 heavy (non-hydrogen) atoms. The molecule has 1 aromatic heterocycles. The molecule has 166 valence electrons. The van der Waals surface area contributed by atoms with Crippen LogP contribution in [0.3, 0.4) is 0 Å². The summed E-state index contributed by atoms with van der Waals surface area (Å²) < 4.78 is 55.6. The lowest BCUT2D eigenvalue weighted by Crippen LogP contribution is -2.25. The summed E-state index contributed by atoms with van der Waals surface area (Å²) in [5, 5.41) is 0. The van der Waals surface area contributed by atoms with Crippen LogP contribution >= 0.6 is 0 Å². The zero-order chi connectivity index (χ0) is 23.4. The predicted molar refractivity (Wildman–Crippen MR) is 112 cm³/mol. The minimum Gasteiger partial charge on any atom is -0.313 e. The van der Waals surface area contributed by atoms with Gasteiger partial charge in [-0.3, -0.25) is 9.59 Å². The van der Waals surface area contributed by atoms with E-state index in [4.69, 9.17) is 0 Å². The lowest BCUT2D eigenvalue weighted by molar-refractivity contribution is -0.118. The van der Waals surface area contributed by atoms with Crippen molar-refractivity contribution < 1.29 is 27.2 Å². The number of nitrogens with zero attached hydrogens (tertiary/aromatic N) is 2. The quantitative estimate of drug-likeness (QED) is 0.275. The Morgan fingerprint density at radius 3 is 2.16 bits per heavy atom. The van der Waals surface area contributed by atoms with Gasteiger partial charge in [-0.25, -0.2) is 8.78 Å². The maximum Gasteiger partial charge on any atom is 0.226 e. The second kappa shape index (κ2) is 9.72. The smallest absolute Gasteiger partial charge is 0.226 e. The van der Waals surface area contributed by atoms with E-state index < -0.39 is 29.3 Å². The average molecular weight is 444 g/mol. The van der Waals surface area contributed by atoms with Crippen LogP contribution in [-0.4, -0.2) is 23.7 Å². The molecule has 8 heteroatoms. The second-order valence-corrected chi connectivity index (χ2v) is 7.17. The van der Waals surface area contributed by atoms with E-state index in [-0.39, 0.29) is 42.0 Å². The molecular weight excluding hydrogens is 424 g/mol. The number of ketones is 1. The van der Waals surface area contributed by atoms with E-state index in [0.29, 0.717) is 11.1 Å². The third-order valence-corrected chi connectivity index (χ3v) is 5.10. The Morgan fingerprint density at radius 2 is 1.56 bits per heavy atom. The van der Waals surface area contributed by atoms with Gasteiger partial charge in [-0.15, -0.1) is 0 Å². The molecule has 0 saturated carbocycles. The molecule has 0 N–H and O–H groups in total. The Bertz CT molecular complexity index is 1180. The first-order valence-electron chi connectivity index (χ1n) is 9.91. The molecular formula is C24H20F4N2O2. The highest BCUT2D eigenvalue weighted by molar-refractivity contribution is 5.97. The van der Waals surface area contributed by atoms with Gasteiger partial charge in [0.2, 0.25) is 17.8 Å². The van der Waals surface area contributed by atoms with Crippen LogP contribution in [-0.2, 0) is 11.2 Å². The van der Waals surface area contributed by atoms with Gasteiger partial charge >= 0.3 is 0 Å². The number of amides is 1. The molecule has 0 aliphatic rings. The topological polar surface area (TPSA) is 50.3 Å². The number of aryl methyl sites for hydroxylation is 1. The number of carbonyl (C=O) groups is 2. The number of benzene rings is 2. The van der Waals surface area contributed by atoms with E-state index in [1.54, 1.807) is 13.0 Å². The Morgan fingerprint density at radius 1 is 0.906 bits per heavy atom. The van der Waals surface area contributed by atoms with E-state index in [1.165, 1.54) is 42.3 Å². The van der Waals surface area contributed by atoms with E-state index in [9.17, 15) is 27.2 Å². The zero-order valence-corrected chi connectivity index (χ0v) is 17.5. The minimum atomic E-state index is -1.01. The summed E-state index contributed by atoms with van der Waals surface area (Å²) in [6, 6.07) is 10.2. The zero-order valence-electron chi connectivity index (χ0n) is 17.5. The maximum atomic E-state index is 14.6. The third kappa shape index (κ3) is 5.01. The lowest BCUT2D eigenvalue weighted by atomic mass is 9.98. The van der Waals surface area contributed by atoms with Crippen LogP contribution < -0.4 is 4.90 Å². The highest BCUT2D eigenvalue weighted by Gasteiger charge is 2.17. The maximum absolute atomic E-state index is 14.6. The third-order valence-electron chi connectivity index (χ3n) is 5.10. The number of halogens is 4. The molecule has 3 aromatic rings. The molecule has 2 aromatic carbocycles. The molecule has 0 bridgehead atoms. The van der Waals surface area contributed by atoms with Gasteiger partial charge in [0.25, 0.3) is 0 Å². The summed E-state index contributed by atoms with van der Waals surface area (Å²) in [5.41, 5.74) is 0.701. The number of Topliss-reactive ketones (excluding diaryl/α,β-unsaturated/α-hetero) is 1. The van der Waals surface area contributed by atoms with Gasteiger partial charge in [0, 0.05) is 25.5 Å². The SMILES string of the molecule is CCC(=O)N(C)c1ccc(-c2ccc(C(=O)CCc3ccc(F)nc3F)c(F)c2)cc1F. The predicted octanol–water partition coefficient (Wildman–Crippen LogP) is 5.49. The summed E-state index contributed by atoms with van der Waals surface area (Å²) in [4.78, 5) is 28.4. The lowest BCUT2D eigenvalue weighted by Gasteiger charge is -2.18. The summed E-state index contributed by atoms with van der Waals surface area (Å²) in [6.07, 6.45) is -0.0276. The molecule has 0 aliphatic heterocycles. The van der Waals surface area contributed by atoms with Gasteiger partial charge < -0.3 is 4.90 Å². The van der Waals surface area contributed by atoms with Gasteiger partial charge in [-0.05, 0) is 53.9 Å². The van der Waals surface area contributed by atoms with Gasteiger partial charge in [0.1, 0.15) is 11.6 Å². The van der Waals surface area contributed by atoms with Crippen molar-refractivity contribution in [2.45, 2.75) is 26.2 Å². The molecule has 0 radical (unpaired) electrons. The molecule has 0 aliphatic carbocycles. The van der Waals surface area contributed by atoms with Crippen LogP contribution in [0.4, 0.5) is 23.2 Å². The minimum absolute atomic E-state index is 0.0545. The first-order valence-corrected chi connectivity index (χ1v) is 9.91. The van der Waals surface area contributed by atoms with E-state index in [0.717, 1.165) is 12.1 Å². The Hall–Kier alpha value is -3.55. The average Bonchev–Trinajstić information content (AvgIpc) is 2.77. The van der Waals surface area contributed by atoms with Crippen LogP contribution in [0.2, 0.25) is 0 Å². The van der Waals surface area contributed by atoms with Crippen LogP contribution in [0.15, 0.2) is 48.5 Å². The molecule has 0 atom stereocenters. The van der Waals surface area contributed by atoms with Crippen LogP contribution in [0.25, 0.3) is 11.1 Å². The highest BCUT2D eigenvalue weighted by atomic mass is 19.1. The fraction of sp³-hybridized carbons (Fsp3) is 0.208. The Labute approximate surface area is 182 Å². The van der Waals surface area contributed by atoms with Gasteiger partial charge in [-0.2, -0.15) is 13.8 Å². The molecule has 1 amide bonds. The number of hydrogen-bond donors (Lipinski definition) is 0. The summed E-state index contributed by atoms with van der Waals surface area (Å²) in [6.45, 7) is 1.67. The van der Waals surface area contributed by atoms with Crippen molar-refractivity contribution in [3.8, 4) is 11.1 Å². The molecule has 0 spiro atoms. The molecule has 0 saturated heterocycles. The Balaban J connectivity index is 1.76. The summed E-state index contributed by atoms with van der Waals surface area (Å²) in [7, 11) is 1.47. The van der Waals surface area contributed by atoms with Crippen molar-refractivity contribution >= 4 is 17.4 Å². The van der Waals surface area contributed by atoms with Crippen LogP contribution in [0.1, 0.15) is 35.7 Å². The Kier molecular flexibility index (Phi) is 7.02. The van der Waals surface area contributed by atoms with Crippen molar-refractivity contribution in [3.05, 3.63) is 83.2 Å². The fourth-order valence-corrected chi connectivity index (χ4v) is 3.26. The van der Waals surface area contributed by atoms with Crippen LogP contribution in [0.5, 0.6) is 0 Å². The van der Waals surface area contributed by atoms with Gasteiger partial charge in [-0.1, -0.05) is 19.1 Å².